The number of nitrogens with zero attached hydrogens (tertiary/aromatic N) is 2. The van der Waals surface area contributed by atoms with E-state index < -0.39 is 15.1 Å². The van der Waals surface area contributed by atoms with Crippen molar-refractivity contribution < 1.29 is 22.0 Å². The van der Waals surface area contributed by atoms with E-state index in [2.05, 4.69) is 15.5 Å². The Bertz CT molecular complexity index is 772. The van der Waals surface area contributed by atoms with Crippen molar-refractivity contribution in [3.63, 3.8) is 0 Å². The summed E-state index contributed by atoms with van der Waals surface area (Å²) in [6.07, 6.45) is 2.04. The molecule has 1 aromatic heterocycles. The van der Waals surface area contributed by atoms with Crippen LogP contribution in [0, 0.1) is 5.82 Å². The van der Waals surface area contributed by atoms with E-state index in [1.165, 1.54) is 12.1 Å². The predicted molar refractivity (Wildman–Crippen MR) is 78.8 cm³/mol. The van der Waals surface area contributed by atoms with Gasteiger partial charge in [0.05, 0.1) is 6.42 Å². The van der Waals surface area contributed by atoms with Gasteiger partial charge in [0.15, 0.2) is 0 Å². The average molecular weight is 341 g/mol. The lowest BCUT2D eigenvalue weighted by Gasteiger charge is -2.04. The summed E-state index contributed by atoms with van der Waals surface area (Å²) in [5.41, 5.74) is 0.721. The molecule has 0 atom stereocenters. The van der Waals surface area contributed by atoms with E-state index in [0.29, 0.717) is 19.4 Å². The molecule has 0 radical (unpaired) electrons. The topological polar surface area (TPSA) is 102 Å². The van der Waals surface area contributed by atoms with Crippen LogP contribution in [0.3, 0.4) is 0 Å². The van der Waals surface area contributed by atoms with Crippen LogP contribution in [-0.2, 0) is 27.5 Å². The smallest absolute Gasteiger partial charge is 0.335 e. The fraction of sp³-hybridized carbons (Fsp3) is 0.357. The lowest BCUT2D eigenvalue weighted by molar-refractivity contribution is -0.120. The van der Waals surface area contributed by atoms with Gasteiger partial charge in [-0.2, -0.15) is 0 Å². The van der Waals surface area contributed by atoms with Gasteiger partial charge in [-0.1, -0.05) is 17.2 Å². The molecule has 0 unspecified atom stereocenters. The van der Waals surface area contributed by atoms with Crippen molar-refractivity contribution in [2.24, 2.45) is 0 Å². The van der Waals surface area contributed by atoms with Gasteiger partial charge >= 0.3 is 5.22 Å². The number of amides is 1. The summed E-state index contributed by atoms with van der Waals surface area (Å²) in [5, 5.41) is 9.38. The molecule has 0 bridgehead atoms. The molecule has 0 saturated carbocycles. The number of carbonyl (C=O) groups excluding carboxylic acids is 1. The van der Waals surface area contributed by atoms with Crippen LogP contribution in [0.25, 0.3) is 0 Å². The number of aromatic nitrogens is 2. The Morgan fingerprint density at radius 1 is 1.26 bits per heavy atom. The van der Waals surface area contributed by atoms with Gasteiger partial charge in [0.1, 0.15) is 5.82 Å². The summed E-state index contributed by atoms with van der Waals surface area (Å²) < 4.78 is 40.1. The maximum absolute atomic E-state index is 12.8. The van der Waals surface area contributed by atoms with Crippen molar-refractivity contribution in [1.29, 1.82) is 0 Å². The monoisotopic (exact) mass is 341 g/mol. The lowest BCUT2D eigenvalue weighted by Crippen LogP contribution is -2.26. The maximum atomic E-state index is 12.8. The van der Waals surface area contributed by atoms with Gasteiger partial charge in [0, 0.05) is 19.2 Å². The summed E-state index contributed by atoms with van der Waals surface area (Å²) in [7, 11) is -3.50. The van der Waals surface area contributed by atoms with Crippen LogP contribution in [0.4, 0.5) is 4.39 Å². The van der Waals surface area contributed by atoms with Gasteiger partial charge in [0.25, 0.3) is 0 Å². The lowest BCUT2D eigenvalue weighted by atomic mass is 10.1. The number of hydrogen-bond donors (Lipinski definition) is 1. The Hall–Kier alpha value is -2.29. The molecule has 9 heteroatoms. The fourth-order valence-corrected chi connectivity index (χ4v) is 2.24. The largest absolute Gasteiger partial charge is 0.413 e. The first-order chi connectivity index (χ1) is 10.8. The number of halogens is 1. The highest BCUT2D eigenvalue weighted by Crippen LogP contribution is 2.08. The van der Waals surface area contributed by atoms with Crippen molar-refractivity contribution in [1.82, 2.24) is 15.5 Å². The maximum Gasteiger partial charge on any atom is 0.335 e. The fourth-order valence-electron chi connectivity index (χ4n) is 1.81. The summed E-state index contributed by atoms with van der Waals surface area (Å²) >= 11 is 0. The third-order valence-electron chi connectivity index (χ3n) is 2.93. The van der Waals surface area contributed by atoms with Crippen LogP contribution in [-0.4, -0.2) is 37.3 Å². The molecular formula is C14H16FN3O4S. The van der Waals surface area contributed by atoms with Crippen LogP contribution in [0.1, 0.15) is 17.9 Å². The minimum Gasteiger partial charge on any atom is -0.413 e. The number of hydrogen-bond acceptors (Lipinski definition) is 6. The summed E-state index contributed by atoms with van der Waals surface area (Å²) in [5.74, 6) is -0.320. The van der Waals surface area contributed by atoms with E-state index in [4.69, 9.17) is 4.42 Å². The highest BCUT2D eigenvalue weighted by atomic mass is 32.2. The molecule has 0 spiro atoms. The number of nitrogens with one attached hydrogen (secondary N) is 1. The van der Waals surface area contributed by atoms with Crippen LogP contribution < -0.4 is 5.32 Å². The van der Waals surface area contributed by atoms with Crippen molar-refractivity contribution in [3.8, 4) is 0 Å². The zero-order valence-electron chi connectivity index (χ0n) is 12.5. The minimum atomic E-state index is -3.50. The number of carbonyl (C=O) groups is 1. The number of aryl methyl sites for hydroxylation is 1. The molecule has 2 rings (SSSR count). The van der Waals surface area contributed by atoms with Crippen LogP contribution in [0.15, 0.2) is 33.9 Å². The summed E-state index contributed by atoms with van der Waals surface area (Å²) in [6, 6.07) is 5.72. The Morgan fingerprint density at radius 3 is 2.57 bits per heavy atom. The second-order valence-corrected chi connectivity index (χ2v) is 6.88. The Balaban J connectivity index is 1.71. The number of benzene rings is 1. The number of rotatable bonds is 7. The van der Waals surface area contributed by atoms with E-state index in [0.717, 1.165) is 11.8 Å². The SMILES string of the molecule is CS(=O)(=O)c1nnc(CCCNC(=O)Cc2ccc(F)cc2)o1. The average Bonchev–Trinajstić information content (AvgIpc) is 2.95. The second kappa shape index (κ2) is 7.32. The molecule has 0 aliphatic rings. The van der Waals surface area contributed by atoms with Crippen molar-refractivity contribution in [2.45, 2.75) is 24.5 Å². The normalized spacial score (nSPS) is 11.4. The molecule has 1 N–H and O–H groups in total. The quantitative estimate of drug-likeness (QED) is 0.751. The zero-order chi connectivity index (χ0) is 16.9. The van der Waals surface area contributed by atoms with Crippen molar-refractivity contribution in [2.75, 3.05) is 12.8 Å². The van der Waals surface area contributed by atoms with Gasteiger partial charge < -0.3 is 9.73 Å². The summed E-state index contributed by atoms with van der Waals surface area (Å²) in [4.78, 5) is 11.7. The first-order valence-corrected chi connectivity index (χ1v) is 8.77. The minimum absolute atomic E-state index is 0.166. The Kier molecular flexibility index (Phi) is 5.43. The highest BCUT2D eigenvalue weighted by molar-refractivity contribution is 7.90. The van der Waals surface area contributed by atoms with Gasteiger partial charge in [-0.3, -0.25) is 4.79 Å². The van der Waals surface area contributed by atoms with E-state index in [1.54, 1.807) is 12.1 Å². The third-order valence-corrected chi connectivity index (χ3v) is 3.73. The van der Waals surface area contributed by atoms with E-state index >= 15 is 0 Å². The molecule has 2 aromatic rings. The standard InChI is InChI=1S/C14H16FN3O4S/c1-23(20,21)14-18-17-13(22-14)3-2-8-16-12(19)9-10-4-6-11(15)7-5-10/h4-7H,2-3,8-9H2,1H3,(H,16,19). The van der Waals surface area contributed by atoms with E-state index in [1.807, 2.05) is 0 Å². The van der Waals surface area contributed by atoms with Gasteiger partial charge in [-0.15, -0.1) is 5.10 Å². The molecule has 0 aliphatic heterocycles. The van der Waals surface area contributed by atoms with Gasteiger partial charge in [0.2, 0.25) is 21.6 Å². The van der Waals surface area contributed by atoms with Crippen LogP contribution in [0.5, 0.6) is 0 Å². The van der Waals surface area contributed by atoms with Gasteiger partial charge in [-0.25, -0.2) is 12.8 Å². The first-order valence-electron chi connectivity index (χ1n) is 6.88. The predicted octanol–water partition coefficient (Wildman–Crippen LogP) is 0.904. The number of sulfone groups is 1. The highest BCUT2D eigenvalue weighted by Gasteiger charge is 2.16. The third kappa shape index (κ3) is 5.44. The molecule has 23 heavy (non-hydrogen) atoms. The molecular weight excluding hydrogens is 325 g/mol. The van der Waals surface area contributed by atoms with E-state index in [-0.39, 0.29) is 24.0 Å². The molecule has 1 heterocycles. The molecule has 0 saturated heterocycles. The van der Waals surface area contributed by atoms with Crippen molar-refractivity contribution in [3.05, 3.63) is 41.5 Å². The molecule has 0 aliphatic carbocycles. The molecule has 7 nitrogen and oxygen atoms in total. The molecule has 0 fully saturated rings. The zero-order valence-corrected chi connectivity index (χ0v) is 13.3. The molecule has 124 valence electrons. The van der Waals surface area contributed by atoms with Crippen LogP contribution in [0.2, 0.25) is 0 Å². The molecule has 1 amide bonds. The summed E-state index contributed by atoms with van der Waals surface area (Å²) in [6.45, 7) is 0.386. The van der Waals surface area contributed by atoms with E-state index in [9.17, 15) is 17.6 Å². The second-order valence-electron chi connectivity index (χ2n) is 4.99. The first kappa shape index (κ1) is 17.1. The Morgan fingerprint density at radius 2 is 1.96 bits per heavy atom. The van der Waals surface area contributed by atoms with Crippen LogP contribution >= 0.6 is 0 Å². The molecule has 1 aromatic carbocycles. The van der Waals surface area contributed by atoms with Gasteiger partial charge in [-0.05, 0) is 24.1 Å². The Labute approximate surface area is 132 Å². The van der Waals surface area contributed by atoms with Crippen molar-refractivity contribution >= 4 is 15.7 Å².